The quantitative estimate of drug-likeness (QED) is 0.576. The van der Waals surface area contributed by atoms with Crippen molar-refractivity contribution in [2.45, 2.75) is 6.04 Å². The van der Waals surface area contributed by atoms with Gasteiger partial charge >= 0.3 is 0 Å². The number of anilines is 2. The van der Waals surface area contributed by atoms with Crippen molar-refractivity contribution in [3.05, 3.63) is 72.0 Å². The number of amides is 2. The monoisotopic (exact) mass is 476 g/mol. The first kappa shape index (κ1) is 21.3. The van der Waals surface area contributed by atoms with Gasteiger partial charge in [0.15, 0.2) is 23.0 Å². The van der Waals surface area contributed by atoms with E-state index >= 15 is 0 Å². The number of carbonyl (C=O) groups excluding carboxylic acids is 2. The smallest absolute Gasteiger partial charge is 0.255 e. The van der Waals surface area contributed by atoms with Gasteiger partial charge in [-0.25, -0.2) is 4.39 Å². The Labute approximate surface area is 200 Å². The summed E-state index contributed by atoms with van der Waals surface area (Å²) in [6.07, 6.45) is 0. The molecule has 3 aliphatic rings. The molecule has 0 aliphatic carbocycles. The van der Waals surface area contributed by atoms with Gasteiger partial charge in [-0.15, -0.1) is 0 Å². The van der Waals surface area contributed by atoms with Gasteiger partial charge in [0, 0.05) is 23.5 Å². The highest BCUT2D eigenvalue weighted by molar-refractivity contribution is 6.14. The largest absolute Gasteiger partial charge is 0.486 e. The maximum Gasteiger partial charge on any atom is 0.255 e. The van der Waals surface area contributed by atoms with Gasteiger partial charge < -0.3 is 23.8 Å². The first-order valence-electron chi connectivity index (χ1n) is 11.3. The molecule has 35 heavy (non-hydrogen) atoms. The molecule has 0 N–H and O–H groups in total. The van der Waals surface area contributed by atoms with Crippen LogP contribution in [0.4, 0.5) is 15.8 Å². The van der Waals surface area contributed by atoms with E-state index in [2.05, 4.69) is 0 Å². The zero-order chi connectivity index (χ0) is 23.9. The van der Waals surface area contributed by atoms with E-state index in [0.717, 1.165) is 0 Å². The van der Waals surface area contributed by atoms with Gasteiger partial charge in [-0.05, 0) is 42.0 Å². The topological polar surface area (TPSA) is 77.5 Å². The maximum atomic E-state index is 13.9. The number of halogens is 1. The minimum Gasteiger partial charge on any atom is -0.486 e. The summed E-state index contributed by atoms with van der Waals surface area (Å²) < 4.78 is 36.2. The molecule has 0 bridgehead atoms. The van der Waals surface area contributed by atoms with Gasteiger partial charge in [-0.3, -0.25) is 14.5 Å². The Morgan fingerprint density at radius 1 is 0.686 bits per heavy atom. The Morgan fingerprint density at radius 2 is 1.23 bits per heavy atom. The van der Waals surface area contributed by atoms with Crippen LogP contribution in [-0.4, -0.2) is 44.8 Å². The second-order valence-electron chi connectivity index (χ2n) is 8.30. The lowest BCUT2D eigenvalue weighted by Crippen LogP contribution is -2.56. The van der Waals surface area contributed by atoms with E-state index in [1.807, 2.05) is 0 Å². The van der Waals surface area contributed by atoms with Gasteiger partial charge in [-0.1, -0.05) is 12.1 Å². The van der Waals surface area contributed by atoms with Crippen LogP contribution >= 0.6 is 0 Å². The van der Waals surface area contributed by atoms with E-state index in [4.69, 9.17) is 18.9 Å². The van der Waals surface area contributed by atoms with Crippen molar-refractivity contribution >= 4 is 23.2 Å². The Bertz CT molecular complexity index is 1310. The number of ether oxygens (including phenoxy) is 4. The molecule has 1 saturated heterocycles. The molecular weight excluding hydrogens is 455 g/mol. The van der Waals surface area contributed by atoms with E-state index < -0.39 is 11.9 Å². The van der Waals surface area contributed by atoms with Gasteiger partial charge in [-0.2, -0.15) is 0 Å². The molecule has 3 aromatic carbocycles. The third-order valence-corrected chi connectivity index (χ3v) is 6.15. The molecular formula is C26H21FN2O6. The molecule has 8 nitrogen and oxygen atoms in total. The van der Waals surface area contributed by atoms with E-state index in [1.165, 1.54) is 34.1 Å². The predicted molar refractivity (Wildman–Crippen MR) is 124 cm³/mol. The predicted octanol–water partition coefficient (Wildman–Crippen LogP) is 3.49. The molecule has 0 aromatic heterocycles. The normalized spacial score (nSPS) is 19.1. The van der Waals surface area contributed by atoms with Gasteiger partial charge in [0.25, 0.3) is 5.91 Å². The van der Waals surface area contributed by atoms with Crippen molar-refractivity contribution in [1.82, 2.24) is 0 Å². The molecule has 1 fully saturated rings. The summed E-state index contributed by atoms with van der Waals surface area (Å²) in [5.41, 5.74) is 1.49. The zero-order valence-electron chi connectivity index (χ0n) is 18.6. The SMILES string of the molecule is O=C1[C@@H](c2ccc(F)cc2)N(c2ccc3c(c2)OCCO3)C(=O)CN1c1ccc2c(c1)OCCO2. The molecule has 3 heterocycles. The standard InChI is InChI=1S/C26H21FN2O6/c27-17-3-1-16(2-4-17)25-26(31)28(18-5-7-20-22(13-18)34-11-9-32-20)15-24(30)29(25)19-6-8-21-23(14-19)35-12-10-33-21/h1-8,13-14,25H,9-12,15H2/t25-/m1/s1. The van der Waals surface area contributed by atoms with Crippen LogP contribution in [0.5, 0.6) is 23.0 Å². The van der Waals surface area contributed by atoms with Crippen molar-refractivity contribution in [3.8, 4) is 23.0 Å². The number of nitrogens with zero attached hydrogens (tertiary/aromatic N) is 2. The number of hydrogen-bond acceptors (Lipinski definition) is 6. The maximum absolute atomic E-state index is 13.9. The van der Waals surface area contributed by atoms with Crippen LogP contribution in [0.2, 0.25) is 0 Å². The van der Waals surface area contributed by atoms with Crippen LogP contribution in [0, 0.1) is 5.82 Å². The van der Waals surface area contributed by atoms with E-state index in [1.54, 1.807) is 36.4 Å². The average Bonchev–Trinajstić information content (AvgIpc) is 2.89. The molecule has 0 unspecified atom stereocenters. The summed E-state index contributed by atoms with van der Waals surface area (Å²) >= 11 is 0. The third-order valence-electron chi connectivity index (χ3n) is 6.15. The highest BCUT2D eigenvalue weighted by Gasteiger charge is 2.42. The number of benzene rings is 3. The van der Waals surface area contributed by atoms with E-state index in [9.17, 15) is 14.0 Å². The number of rotatable bonds is 3. The van der Waals surface area contributed by atoms with Crippen molar-refractivity contribution in [2.75, 3.05) is 42.8 Å². The molecule has 178 valence electrons. The summed E-state index contributed by atoms with van der Waals surface area (Å²) in [6.45, 7) is 1.51. The fourth-order valence-electron chi connectivity index (χ4n) is 4.52. The molecule has 0 saturated carbocycles. The van der Waals surface area contributed by atoms with Crippen molar-refractivity contribution in [1.29, 1.82) is 0 Å². The Balaban J connectivity index is 1.42. The molecule has 1 atom stereocenters. The van der Waals surface area contributed by atoms with Crippen molar-refractivity contribution < 1.29 is 32.9 Å². The lowest BCUT2D eigenvalue weighted by Gasteiger charge is -2.40. The summed E-state index contributed by atoms with van der Waals surface area (Å²) in [5.74, 6) is 1.12. The molecule has 3 aromatic rings. The molecule has 3 aliphatic heterocycles. The molecule has 2 amide bonds. The van der Waals surface area contributed by atoms with Crippen LogP contribution in [0.1, 0.15) is 11.6 Å². The van der Waals surface area contributed by atoms with Gasteiger partial charge in [0.1, 0.15) is 44.8 Å². The first-order valence-corrected chi connectivity index (χ1v) is 11.3. The highest BCUT2D eigenvalue weighted by Crippen LogP contribution is 2.41. The third kappa shape index (κ3) is 3.78. The van der Waals surface area contributed by atoms with Gasteiger partial charge in [0.2, 0.25) is 5.91 Å². The highest BCUT2D eigenvalue weighted by atomic mass is 19.1. The molecule has 6 rings (SSSR count). The number of carbonyl (C=O) groups is 2. The van der Waals surface area contributed by atoms with Crippen LogP contribution in [0.15, 0.2) is 60.7 Å². The summed E-state index contributed by atoms with van der Waals surface area (Å²) in [7, 11) is 0. The lowest BCUT2D eigenvalue weighted by atomic mass is 9.99. The first-order chi connectivity index (χ1) is 17.1. The van der Waals surface area contributed by atoms with Crippen LogP contribution in [0.25, 0.3) is 0 Å². The fraction of sp³-hybridized carbons (Fsp3) is 0.231. The molecule has 0 radical (unpaired) electrons. The molecule has 0 spiro atoms. The Morgan fingerprint density at radius 3 is 1.86 bits per heavy atom. The average molecular weight is 476 g/mol. The number of fused-ring (bicyclic) bond motifs is 2. The van der Waals surface area contributed by atoms with Crippen molar-refractivity contribution in [2.24, 2.45) is 0 Å². The molecule has 9 heteroatoms. The zero-order valence-corrected chi connectivity index (χ0v) is 18.6. The Hall–Kier alpha value is -4.27. The van der Waals surface area contributed by atoms with Crippen LogP contribution in [-0.2, 0) is 9.59 Å². The lowest BCUT2D eigenvalue weighted by molar-refractivity contribution is -0.128. The van der Waals surface area contributed by atoms with Crippen LogP contribution < -0.4 is 28.7 Å². The Kier molecular flexibility index (Phi) is 5.17. The number of piperazine rings is 1. The minimum atomic E-state index is -1.01. The second kappa shape index (κ2) is 8.50. The summed E-state index contributed by atoms with van der Waals surface area (Å²) in [5, 5.41) is 0. The minimum absolute atomic E-state index is 0.176. The fourth-order valence-corrected chi connectivity index (χ4v) is 4.52. The second-order valence-corrected chi connectivity index (χ2v) is 8.30. The summed E-state index contributed by atoms with van der Waals surface area (Å²) in [4.78, 5) is 30.3. The summed E-state index contributed by atoms with van der Waals surface area (Å²) in [6, 6.07) is 14.8. The number of hydrogen-bond donors (Lipinski definition) is 0. The van der Waals surface area contributed by atoms with E-state index in [0.29, 0.717) is 66.4 Å². The van der Waals surface area contributed by atoms with Crippen LogP contribution in [0.3, 0.4) is 0 Å². The van der Waals surface area contributed by atoms with E-state index in [-0.39, 0.29) is 18.4 Å². The van der Waals surface area contributed by atoms with Gasteiger partial charge in [0.05, 0.1) is 0 Å². The van der Waals surface area contributed by atoms with Crippen molar-refractivity contribution in [3.63, 3.8) is 0 Å².